The Morgan fingerprint density at radius 2 is 1.93 bits per heavy atom. The van der Waals surface area contributed by atoms with Gasteiger partial charge < -0.3 is 10.2 Å². The fourth-order valence-electron chi connectivity index (χ4n) is 3.61. The topological polar surface area (TPSA) is 63.1 Å². The van der Waals surface area contributed by atoms with Gasteiger partial charge in [-0.2, -0.15) is 0 Å². The number of carbonyl (C=O) groups excluding carboxylic acids is 1. The number of piperazine rings is 1. The van der Waals surface area contributed by atoms with E-state index in [0.717, 1.165) is 23.5 Å². The summed E-state index contributed by atoms with van der Waals surface area (Å²) in [4.78, 5) is 15.0. The van der Waals surface area contributed by atoms with Crippen molar-refractivity contribution in [2.24, 2.45) is 0 Å². The van der Waals surface area contributed by atoms with E-state index in [1.54, 1.807) is 4.68 Å². The molecule has 28 heavy (non-hydrogen) atoms. The third-order valence-electron chi connectivity index (χ3n) is 5.14. The van der Waals surface area contributed by atoms with Gasteiger partial charge in [-0.05, 0) is 30.7 Å². The van der Waals surface area contributed by atoms with Crippen LogP contribution in [0, 0.1) is 6.92 Å². The molecule has 1 aromatic heterocycles. The fourth-order valence-corrected chi connectivity index (χ4v) is 3.87. The lowest BCUT2D eigenvalue weighted by atomic mass is 10.0. The Morgan fingerprint density at radius 3 is 2.71 bits per heavy atom. The number of carbonyl (C=O) groups is 1. The molecular formula is C21H22ClN5O. The van der Waals surface area contributed by atoms with E-state index in [-0.39, 0.29) is 18.4 Å². The van der Waals surface area contributed by atoms with Crippen molar-refractivity contribution in [3.63, 3.8) is 0 Å². The zero-order chi connectivity index (χ0) is 19.5. The number of halogens is 1. The normalized spacial score (nSPS) is 16.9. The highest BCUT2D eigenvalue weighted by molar-refractivity contribution is 6.31. The number of aromatic nitrogens is 3. The van der Waals surface area contributed by atoms with Crippen molar-refractivity contribution in [3.05, 3.63) is 76.6 Å². The Hall–Kier alpha value is -2.70. The van der Waals surface area contributed by atoms with Gasteiger partial charge in [0.25, 0.3) is 0 Å². The lowest BCUT2D eigenvalue weighted by Gasteiger charge is -2.37. The molecule has 6 nitrogen and oxygen atoms in total. The van der Waals surface area contributed by atoms with Crippen LogP contribution in [0.5, 0.6) is 0 Å². The molecule has 7 heteroatoms. The molecule has 144 valence electrons. The van der Waals surface area contributed by atoms with Crippen LogP contribution in [0.2, 0.25) is 5.02 Å². The molecule has 1 saturated heterocycles. The second kappa shape index (κ2) is 8.12. The Labute approximate surface area is 169 Å². The van der Waals surface area contributed by atoms with E-state index in [0.29, 0.717) is 23.8 Å². The fraction of sp³-hybridized carbons (Fsp3) is 0.286. The maximum absolute atomic E-state index is 13.1. The maximum atomic E-state index is 13.1. The zero-order valence-electron chi connectivity index (χ0n) is 15.7. The van der Waals surface area contributed by atoms with Gasteiger partial charge in [0.1, 0.15) is 0 Å². The molecule has 3 aromatic rings. The lowest BCUT2D eigenvalue weighted by molar-refractivity contribution is -0.133. The van der Waals surface area contributed by atoms with E-state index < -0.39 is 0 Å². The van der Waals surface area contributed by atoms with Gasteiger partial charge in [0, 0.05) is 24.7 Å². The minimum atomic E-state index is -0.0839. The van der Waals surface area contributed by atoms with Crippen LogP contribution in [0.15, 0.2) is 54.6 Å². The number of hydrogen-bond donors (Lipinski definition) is 1. The van der Waals surface area contributed by atoms with Gasteiger partial charge in [0.05, 0.1) is 29.5 Å². The van der Waals surface area contributed by atoms with Gasteiger partial charge >= 0.3 is 0 Å². The van der Waals surface area contributed by atoms with Gasteiger partial charge in [-0.1, -0.05) is 53.2 Å². The minimum absolute atomic E-state index is 0.0367. The van der Waals surface area contributed by atoms with Crippen molar-refractivity contribution < 1.29 is 4.79 Å². The molecule has 2 heterocycles. The van der Waals surface area contributed by atoms with Gasteiger partial charge in [-0.25, -0.2) is 4.68 Å². The minimum Gasteiger partial charge on any atom is -0.333 e. The molecule has 1 fully saturated rings. The summed E-state index contributed by atoms with van der Waals surface area (Å²) in [5.41, 5.74) is 3.48. The monoisotopic (exact) mass is 395 g/mol. The van der Waals surface area contributed by atoms with E-state index in [1.807, 2.05) is 66.4 Å². The quantitative estimate of drug-likeness (QED) is 0.737. The summed E-state index contributed by atoms with van der Waals surface area (Å²) in [5, 5.41) is 12.5. The van der Waals surface area contributed by atoms with Gasteiger partial charge in [-0.15, -0.1) is 5.10 Å². The Morgan fingerprint density at radius 1 is 1.18 bits per heavy atom. The van der Waals surface area contributed by atoms with Gasteiger partial charge in [-0.3, -0.25) is 4.79 Å². The molecule has 4 rings (SSSR count). The number of amides is 1. The van der Waals surface area contributed by atoms with Crippen molar-refractivity contribution >= 4 is 17.5 Å². The van der Waals surface area contributed by atoms with E-state index in [4.69, 9.17) is 11.6 Å². The first kappa shape index (κ1) is 18.7. The first-order valence-corrected chi connectivity index (χ1v) is 9.74. The summed E-state index contributed by atoms with van der Waals surface area (Å²) in [6.07, 6.45) is 0.222. The van der Waals surface area contributed by atoms with Crippen molar-refractivity contribution in [2.75, 3.05) is 19.6 Å². The lowest BCUT2D eigenvalue weighted by Crippen LogP contribution is -2.49. The second-order valence-corrected chi connectivity index (χ2v) is 7.28. The van der Waals surface area contributed by atoms with Crippen LogP contribution in [0.25, 0.3) is 5.69 Å². The summed E-state index contributed by atoms with van der Waals surface area (Å²) in [6, 6.07) is 17.4. The van der Waals surface area contributed by atoms with E-state index in [2.05, 4.69) is 15.6 Å². The van der Waals surface area contributed by atoms with Crippen LogP contribution in [0.1, 0.15) is 23.0 Å². The highest BCUT2D eigenvalue weighted by Gasteiger charge is 2.30. The van der Waals surface area contributed by atoms with E-state index >= 15 is 0 Å². The number of hydrogen-bond acceptors (Lipinski definition) is 4. The summed E-state index contributed by atoms with van der Waals surface area (Å²) in [6.45, 7) is 4.03. The smallest absolute Gasteiger partial charge is 0.229 e. The molecule has 1 amide bonds. The largest absolute Gasteiger partial charge is 0.333 e. The standard InChI is InChI=1S/C21H22ClN5O/c1-15-19(24-25-27(15)16-7-3-2-4-8-16)13-21(28)26-12-11-23-14-20(26)17-9-5-6-10-18(17)22/h2-10,20,23H,11-14H2,1H3. The first-order valence-electron chi connectivity index (χ1n) is 9.36. The molecule has 0 radical (unpaired) electrons. The molecule has 1 N–H and O–H groups in total. The summed E-state index contributed by atoms with van der Waals surface area (Å²) >= 11 is 6.39. The summed E-state index contributed by atoms with van der Waals surface area (Å²) < 4.78 is 1.77. The molecule has 1 aliphatic heterocycles. The van der Waals surface area contributed by atoms with Crippen molar-refractivity contribution in [1.82, 2.24) is 25.2 Å². The molecule has 2 aromatic carbocycles. The first-order chi connectivity index (χ1) is 13.6. The average molecular weight is 396 g/mol. The van der Waals surface area contributed by atoms with E-state index in [9.17, 15) is 4.79 Å². The average Bonchev–Trinajstić information content (AvgIpc) is 3.09. The molecule has 1 aliphatic rings. The van der Waals surface area contributed by atoms with Crippen LogP contribution in [-0.2, 0) is 11.2 Å². The van der Waals surface area contributed by atoms with Crippen LogP contribution < -0.4 is 5.32 Å². The van der Waals surface area contributed by atoms with Crippen molar-refractivity contribution in [3.8, 4) is 5.69 Å². The molecule has 0 spiro atoms. The molecule has 1 atom stereocenters. The SMILES string of the molecule is Cc1c(CC(=O)N2CCNCC2c2ccccc2Cl)nnn1-c1ccccc1. The highest BCUT2D eigenvalue weighted by Crippen LogP contribution is 2.29. The van der Waals surface area contributed by atoms with Crippen molar-refractivity contribution in [1.29, 1.82) is 0 Å². The third-order valence-corrected chi connectivity index (χ3v) is 5.48. The predicted octanol–water partition coefficient (Wildman–Crippen LogP) is 2.94. The maximum Gasteiger partial charge on any atom is 0.229 e. The van der Waals surface area contributed by atoms with Crippen LogP contribution in [0.3, 0.4) is 0 Å². The van der Waals surface area contributed by atoms with Gasteiger partial charge in [0.2, 0.25) is 5.91 Å². The van der Waals surface area contributed by atoms with Crippen LogP contribution >= 0.6 is 11.6 Å². The second-order valence-electron chi connectivity index (χ2n) is 6.87. The zero-order valence-corrected chi connectivity index (χ0v) is 16.4. The number of nitrogens with zero attached hydrogens (tertiary/aromatic N) is 4. The van der Waals surface area contributed by atoms with Gasteiger partial charge in [0.15, 0.2) is 0 Å². The molecule has 1 unspecified atom stereocenters. The highest BCUT2D eigenvalue weighted by atomic mass is 35.5. The molecule has 0 bridgehead atoms. The number of rotatable bonds is 4. The molecular weight excluding hydrogens is 374 g/mol. The predicted molar refractivity (Wildman–Crippen MR) is 109 cm³/mol. The van der Waals surface area contributed by atoms with E-state index in [1.165, 1.54) is 0 Å². The number of nitrogens with one attached hydrogen (secondary N) is 1. The third kappa shape index (κ3) is 3.66. The van der Waals surface area contributed by atoms with Crippen LogP contribution in [0.4, 0.5) is 0 Å². The Balaban J connectivity index is 1.56. The summed E-state index contributed by atoms with van der Waals surface area (Å²) in [7, 11) is 0. The summed E-state index contributed by atoms with van der Waals surface area (Å²) in [5.74, 6) is 0.0367. The molecule has 0 aliphatic carbocycles. The number of para-hydroxylation sites is 1. The Bertz CT molecular complexity index is 972. The Kier molecular flexibility index (Phi) is 5.41. The number of benzene rings is 2. The van der Waals surface area contributed by atoms with Crippen LogP contribution in [-0.4, -0.2) is 45.4 Å². The molecule has 0 saturated carbocycles. The van der Waals surface area contributed by atoms with Crippen molar-refractivity contribution in [2.45, 2.75) is 19.4 Å².